The Labute approximate surface area is 236 Å². The molecule has 3 N–H and O–H groups in total. The summed E-state index contributed by atoms with van der Waals surface area (Å²) in [5, 5.41) is 8.71. The Morgan fingerprint density at radius 2 is 1.85 bits per heavy atom. The van der Waals surface area contributed by atoms with Crippen LogP contribution in [0.4, 0.5) is 20.3 Å². The lowest BCUT2D eigenvalue weighted by Gasteiger charge is -2.12. The minimum absolute atomic E-state index is 0.125. The number of benzene rings is 2. The van der Waals surface area contributed by atoms with Crippen molar-refractivity contribution in [2.75, 3.05) is 25.1 Å². The number of hydrogen-bond acceptors (Lipinski definition) is 8. The van der Waals surface area contributed by atoms with E-state index >= 15 is 0 Å². The standard InChI is InChI=1S/C27H24F2IN7O2/c1-2-38-17-12-19(28)18(20(29)13-17)15-37-22-5-3-4-21(30)24(22)25(36-37)27-33-14-23(39-11-8-31)26(35-27)34-16-6-9-32-10-7-16/h3-7,9-10,12-14H,2,8,11,15,31H2,1H3,(H,32,33,34,35). The molecule has 3 heterocycles. The number of pyridine rings is 1. The predicted molar refractivity (Wildman–Crippen MR) is 152 cm³/mol. The van der Waals surface area contributed by atoms with E-state index in [1.54, 1.807) is 42.3 Å². The second-order valence-corrected chi connectivity index (χ2v) is 9.51. The van der Waals surface area contributed by atoms with Gasteiger partial charge in [0.15, 0.2) is 17.4 Å². The Hall–Kier alpha value is -3.91. The minimum Gasteiger partial charge on any atom is -0.494 e. The van der Waals surface area contributed by atoms with Crippen LogP contribution >= 0.6 is 22.6 Å². The molecular formula is C27H24F2IN7O2. The van der Waals surface area contributed by atoms with Crippen molar-refractivity contribution in [3.05, 3.63) is 81.8 Å². The van der Waals surface area contributed by atoms with Gasteiger partial charge >= 0.3 is 0 Å². The molecule has 5 rings (SSSR count). The second-order valence-electron chi connectivity index (χ2n) is 8.34. The van der Waals surface area contributed by atoms with E-state index in [9.17, 15) is 8.78 Å². The molecule has 2 aromatic carbocycles. The summed E-state index contributed by atoms with van der Waals surface area (Å²) in [5.41, 5.74) is 7.39. The van der Waals surface area contributed by atoms with Gasteiger partial charge in [0, 0.05) is 51.3 Å². The third kappa shape index (κ3) is 5.76. The first-order chi connectivity index (χ1) is 19.0. The number of aromatic nitrogens is 5. The van der Waals surface area contributed by atoms with Crippen molar-refractivity contribution in [1.82, 2.24) is 24.7 Å². The number of rotatable bonds is 10. The van der Waals surface area contributed by atoms with E-state index in [1.807, 2.05) is 18.2 Å². The number of anilines is 2. The van der Waals surface area contributed by atoms with Gasteiger partial charge in [-0.15, -0.1) is 0 Å². The Kier molecular flexibility index (Phi) is 8.12. The first kappa shape index (κ1) is 26.7. The molecule has 0 fully saturated rings. The molecule has 0 bridgehead atoms. The van der Waals surface area contributed by atoms with Gasteiger partial charge in [-0.25, -0.2) is 18.7 Å². The molecule has 9 nitrogen and oxygen atoms in total. The minimum atomic E-state index is -0.712. The molecule has 0 aliphatic carbocycles. The maximum atomic E-state index is 14.9. The summed E-state index contributed by atoms with van der Waals surface area (Å²) in [6.45, 7) is 2.52. The fraction of sp³-hybridized carbons (Fsp3) is 0.185. The molecule has 0 aliphatic rings. The molecule has 0 saturated carbocycles. The lowest BCUT2D eigenvalue weighted by atomic mass is 10.1. The van der Waals surface area contributed by atoms with Crippen molar-refractivity contribution in [2.24, 2.45) is 5.73 Å². The summed E-state index contributed by atoms with van der Waals surface area (Å²) in [6.07, 6.45) is 4.86. The zero-order valence-corrected chi connectivity index (χ0v) is 23.0. The summed E-state index contributed by atoms with van der Waals surface area (Å²) >= 11 is 2.20. The topological polar surface area (TPSA) is 113 Å². The molecule has 3 aromatic heterocycles. The Balaban J connectivity index is 1.59. The van der Waals surface area contributed by atoms with Crippen LogP contribution in [0.2, 0.25) is 0 Å². The van der Waals surface area contributed by atoms with Gasteiger partial charge in [0.25, 0.3) is 0 Å². The maximum Gasteiger partial charge on any atom is 0.183 e. The van der Waals surface area contributed by atoms with E-state index in [1.165, 1.54) is 12.1 Å². The average molecular weight is 643 g/mol. The van der Waals surface area contributed by atoms with Crippen molar-refractivity contribution < 1.29 is 18.3 Å². The van der Waals surface area contributed by atoms with Crippen molar-refractivity contribution in [3.8, 4) is 23.0 Å². The normalized spacial score (nSPS) is 11.1. The number of nitrogens with two attached hydrogens (primary N) is 1. The van der Waals surface area contributed by atoms with Gasteiger partial charge in [-0.05, 0) is 53.8 Å². The number of halogens is 3. The molecule has 0 amide bonds. The van der Waals surface area contributed by atoms with Crippen LogP contribution in [-0.4, -0.2) is 44.5 Å². The number of nitrogens with zero attached hydrogens (tertiary/aromatic N) is 5. The van der Waals surface area contributed by atoms with Crippen LogP contribution < -0.4 is 20.5 Å². The second kappa shape index (κ2) is 11.9. The SMILES string of the molecule is CCOc1cc(F)c(Cn2nc(-c3ncc(OCCN)c(Nc4ccncc4)n3)c3c(I)cccc32)c(F)c1. The molecule has 0 atom stereocenters. The summed E-state index contributed by atoms with van der Waals surface area (Å²) < 4.78 is 43.3. The molecule has 0 saturated heterocycles. The molecule has 5 aromatic rings. The number of ether oxygens (including phenoxy) is 2. The third-order valence-electron chi connectivity index (χ3n) is 5.75. The fourth-order valence-electron chi connectivity index (χ4n) is 4.02. The van der Waals surface area contributed by atoms with E-state index in [2.05, 4.69) is 37.9 Å². The van der Waals surface area contributed by atoms with Crippen molar-refractivity contribution in [1.29, 1.82) is 0 Å². The fourth-order valence-corrected chi connectivity index (χ4v) is 4.75. The van der Waals surface area contributed by atoms with E-state index in [-0.39, 0.29) is 24.5 Å². The summed E-state index contributed by atoms with van der Waals surface area (Å²) in [6, 6.07) is 11.6. The van der Waals surface area contributed by atoms with Gasteiger partial charge < -0.3 is 20.5 Å². The highest BCUT2D eigenvalue weighted by Crippen LogP contribution is 2.34. The van der Waals surface area contributed by atoms with E-state index in [0.29, 0.717) is 41.8 Å². The van der Waals surface area contributed by atoms with Crippen LogP contribution in [0.15, 0.2) is 61.1 Å². The highest BCUT2D eigenvalue weighted by molar-refractivity contribution is 14.1. The van der Waals surface area contributed by atoms with Gasteiger partial charge in [-0.3, -0.25) is 9.67 Å². The smallest absolute Gasteiger partial charge is 0.183 e. The van der Waals surface area contributed by atoms with Gasteiger partial charge in [0.05, 0.1) is 24.9 Å². The van der Waals surface area contributed by atoms with E-state index in [4.69, 9.17) is 25.3 Å². The lowest BCUT2D eigenvalue weighted by Crippen LogP contribution is -2.12. The van der Waals surface area contributed by atoms with Gasteiger partial charge in [0.1, 0.15) is 29.7 Å². The molecule has 200 valence electrons. The van der Waals surface area contributed by atoms with Crippen LogP contribution in [0.3, 0.4) is 0 Å². The van der Waals surface area contributed by atoms with Crippen molar-refractivity contribution in [2.45, 2.75) is 13.5 Å². The largest absolute Gasteiger partial charge is 0.494 e. The zero-order valence-electron chi connectivity index (χ0n) is 20.9. The van der Waals surface area contributed by atoms with Gasteiger partial charge in [-0.2, -0.15) is 5.10 Å². The van der Waals surface area contributed by atoms with Crippen LogP contribution in [0.5, 0.6) is 11.5 Å². The molecule has 39 heavy (non-hydrogen) atoms. The average Bonchev–Trinajstić information content (AvgIpc) is 3.30. The molecule has 0 unspecified atom stereocenters. The molecule has 0 spiro atoms. The third-order valence-corrected chi connectivity index (χ3v) is 6.65. The highest BCUT2D eigenvalue weighted by atomic mass is 127. The first-order valence-electron chi connectivity index (χ1n) is 12.1. The number of nitrogens with one attached hydrogen (secondary N) is 1. The molecule has 12 heteroatoms. The predicted octanol–water partition coefficient (Wildman–Crippen LogP) is 5.30. The summed E-state index contributed by atoms with van der Waals surface area (Å²) in [5.74, 6) is -0.148. The van der Waals surface area contributed by atoms with Crippen LogP contribution in [0.25, 0.3) is 22.4 Å². The van der Waals surface area contributed by atoms with Gasteiger partial charge in [-0.1, -0.05) is 6.07 Å². The molecular weight excluding hydrogens is 619 g/mol. The van der Waals surface area contributed by atoms with Crippen LogP contribution in [0, 0.1) is 15.2 Å². The highest BCUT2D eigenvalue weighted by Gasteiger charge is 2.21. The Bertz CT molecular complexity index is 1590. The van der Waals surface area contributed by atoms with Crippen molar-refractivity contribution in [3.63, 3.8) is 0 Å². The van der Waals surface area contributed by atoms with Crippen LogP contribution in [0.1, 0.15) is 12.5 Å². The van der Waals surface area contributed by atoms with Gasteiger partial charge in [0.2, 0.25) is 0 Å². The first-order valence-corrected chi connectivity index (χ1v) is 13.2. The lowest BCUT2D eigenvalue weighted by molar-refractivity contribution is 0.327. The Morgan fingerprint density at radius 1 is 1.08 bits per heavy atom. The Morgan fingerprint density at radius 3 is 2.56 bits per heavy atom. The quantitative estimate of drug-likeness (QED) is 0.197. The maximum absolute atomic E-state index is 14.9. The number of hydrogen-bond donors (Lipinski definition) is 2. The zero-order chi connectivity index (χ0) is 27.4. The summed E-state index contributed by atoms with van der Waals surface area (Å²) in [7, 11) is 0. The monoisotopic (exact) mass is 643 g/mol. The van der Waals surface area contributed by atoms with E-state index < -0.39 is 11.6 Å². The summed E-state index contributed by atoms with van der Waals surface area (Å²) in [4.78, 5) is 13.3. The van der Waals surface area contributed by atoms with E-state index in [0.717, 1.165) is 14.6 Å². The van der Waals surface area contributed by atoms with Crippen molar-refractivity contribution >= 4 is 45.0 Å². The molecule has 0 radical (unpaired) electrons. The van der Waals surface area contributed by atoms with Crippen LogP contribution in [-0.2, 0) is 6.54 Å². The molecule has 0 aliphatic heterocycles. The number of fused-ring (bicyclic) bond motifs is 1.